The maximum Gasteiger partial charge on any atom is 0.283 e. The van der Waals surface area contributed by atoms with Gasteiger partial charge in [-0.05, 0) is 48.4 Å². The van der Waals surface area contributed by atoms with E-state index in [0.717, 1.165) is 11.1 Å². The van der Waals surface area contributed by atoms with Gasteiger partial charge in [0.05, 0.1) is 5.69 Å². The van der Waals surface area contributed by atoms with Crippen molar-refractivity contribution < 1.29 is 14.7 Å². The molecule has 0 aliphatic carbocycles. The van der Waals surface area contributed by atoms with Crippen LogP contribution < -0.4 is 15.0 Å². The maximum atomic E-state index is 11.6. The summed E-state index contributed by atoms with van der Waals surface area (Å²) in [5.41, 5.74) is 1.66. The van der Waals surface area contributed by atoms with Crippen LogP contribution in [0.4, 0.5) is 0 Å². The fourth-order valence-electron chi connectivity index (χ4n) is 2.42. The van der Waals surface area contributed by atoms with Crippen molar-refractivity contribution in [2.75, 3.05) is 0 Å². The number of aromatic nitrogens is 1. The first-order valence-corrected chi connectivity index (χ1v) is 8.41. The molecule has 0 fully saturated rings. The Morgan fingerprint density at radius 1 is 0.962 bits per heavy atom. The minimum atomic E-state index is -0.483. The second kappa shape index (κ2) is 7.97. The molecule has 1 aromatic heterocycles. The second-order valence-corrected chi connectivity index (χ2v) is 6.29. The zero-order valence-corrected chi connectivity index (χ0v) is 14.9. The van der Waals surface area contributed by atoms with Gasteiger partial charge in [-0.25, -0.2) is 0 Å². The fraction of sp³-hybridized carbons (Fsp3) is 0.150. The topological polar surface area (TPSA) is 60.7 Å². The van der Waals surface area contributed by atoms with Crippen LogP contribution in [-0.2, 0) is 13.2 Å². The quantitative estimate of drug-likeness (QED) is 0.659. The molecule has 2 aromatic carbocycles. The van der Waals surface area contributed by atoms with Crippen molar-refractivity contribution in [2.45, 2.75) is 20.1 Å². The molecule has 3 aromatic rings. The largest absolute Gasteiger partial charge is 0.489 e. The fourth-order valence-corrected chi connectivity index (χ4v) is 2.55. The highest BCUT2D eigenvalue weighted by molar-refractivity contribution is 6.30. The average molecular weight is 372 g/mol. The lowest BCUT2D eigenvalue weighted by atomic mass is 10.2. The van der Waals surface area contributed by atoms with Gasteiger partial charge in [-0.2, -0.15) is 0 Å². The second-order valence-electron chi connectivity index (χ2n) is 5.85. The molecule has 0 atom stereocenters. The molecule has 6 heteroatoms. The van der Waals surface area contributed by atoms with Gasteiger partial charge >= 0.3 is 0 Å². The Morgan fingerprint density at radius 2 is 1.62 bits per heavy atom. The third-order valence-corrected chi connectivity index (χ3v) is 3.99. The first-order chi connectivity index (χ1) is 12.5. The molecular formula is C20H18ClNO4. The van der Waals surface area contributed by atoms with Crippen molar-refractivity contribution in [1.82, 2.24) is 4.73 Å². The summed E-state index contributed by atoms with van der Waals surface area (Å²) in [6.07, 6.45) is 0. The number of hydrogen-bond donors (Lipinski definition) is 1. The predicted octanol–water partition coefficient (Wildman–Crippen LogP) is 4.21. The van der Waals surface area contributed by atoms with Crippen molar-refractivity contribution in [2.24, 2.45) is 0 Å². The summed E-state index contributed by atoms with van der Waals surface area (Å²) in [4.78, 5) is 11.6. The van der Waals surface area contributed by atoms with Crippen molar-refractivity contribution in [1.29, 1.82) is 0 Å². The lowest BCUT2D eigenvalue weighted by Crippen LogP contribution is -2.21. The van der Waals surface area contributed by atoms with E-state index >= 15 is 0 Å². The SMILES string of the molecule is Cc1cc(COc2cccc(OCc3ccc(Cl)cc3)c2)n(O)c(=O)c1. The van der Waals surface area contributed by atoms with E-state index in [1.165, 1.54) is 6.07 Å². The first kappa shape index (κ1) is 17.9. The van der Waals surface area contributed by atoms with Gasteiger partial charge in [-0.15, -0.1) is 4.73 Å². The van der Waals surface area contributed by atoms with E-state index in [9.17, 15) is 10.0 Å². The van der Waals surface area contributed by atoms with E-state index in [-0.39, 0.29) is 6.61 Å². The Bertz CT molecular complexity index is 951. The van der Waals surface area contributed by atoms with Gasteiger partial charge in [0.15, 0.2) is 0 Å². The third kappa shape index (κ3) is 4.58. The summed E-state index contributed by atoms with van der Waals surface area (Å²) >= 11 is 5.87. The van der Waals surface area contributed by atoms with Crippen molar-refractivity contribution >= 4 is 11.6 Å². The Labute approximate surface area is 156 Å². The van der Waals surface area contributed by atoms with E-state index in [4.69, 9.17) is 21.1 Å². The number of pyridine rings is 1. The molecular weight excluding hydrogens is 354 g/mol. The number of benzene rings is 2. The lowest BCUT2D eigenvalue weighted by molar-refractivity contribution is 0.147. The van der Waals surface area contributed by atoms with E-state index < -0.39 is 5.56 Å². The zero-order valence-electron chi connectivity index (χ0n) is 14.2. The Hall–Kier alpha value is -2.92. The molecule has 0 aliphatic rings. The Kier molecular flexibility index (Phi) is 5.49. The molecule has 0 saturated carbocycles. The Balaban J connectivity index is 1.64. The molecule has 5 nitrogen and oxygen atoms in total. The summed E-state index contributed by atoms with van der Waals surface area (Å²) in [6, 6.07) is 17.7. The molecule has 134 valence electrons. The van der Waals surface area contributed by atoms with Gasteiger partial charge in [-0.1, -0.05) is 29.8 Å². The monoisotopic (exact) mass is 371 g/mol. The van der Waals surface area contributed by atoms with Gasteiger partial charge in [0, 0.05) is 17.2 Å². The van der Waals surface area contributed by atoms with E-state index in [1.54, 1.807) is 25.1 Å². The molecule has 26 heavy (non-hydrogen) atoms. The van der Waals surface area contributed by atoms with Gasteiger partial charge < -0.3 is 14.7 Å². The molecule has 0 radical (unpaired) electrons. The van der Waals surface area contributed by atoms with Gasteiger partial charge in [0.2, 0.25) is 0 Å². The summed E-state index contributed by atoms with van der Waals surface area (Å²) in [5.74, 6) is 1.23. The highest BCUT2D eigenvalue weighted by Gasteiger charge is 2.06. The van der Waals surface area contributed by atoms with Crippen molar-refractivity contribution in [3.8, 4) is 11.5 Å². The molecule has 0 bridgehead atoms. The van der Waals surface area contributed by atoms with E-state index in [2.05, 4.69) is 0 Å². The van der Waals surface area contributed by atoms with Crippen LogP contribution in [0.5, 0.6) is 11.5 Å². The number of hydrogen-bond acceptors (Lipinski definition) is 4. The van der Waals surface area contributed by atoms with E-state index in [0.29, 0.717) is 33.6 Å². The van der Waals surface area contributed by atoms with Crippen molar-refractivity contribution in [3.63, 3.8) is 0 Å². The van der Waals surface area contributed by atoms with Crippen LogP contribution in [0.1, 0.15) is 16.8 Å². The van der Waals surface area contributed by atoms with Crippen LogP contribution >= 0.6 is 11.6 Å². The predicted molar refractivity (Wildman–Crippen MR) is 99.2 cm³/mol. The van der Waals surface area contributed by atoms with Crippen LogP contribution in [0.2, 0.25) is 5.02 Å². The summed E-state index contributed by atoms with van der Waals surface area (Å²) in [7, 11) is 0. The maximum absolute atomic E-state index is 11.6. The average Bonchev–Trinajstić information content (AvgIpc) is 2.63. The molecule has 0 spiro atoms. The number of ether oxygens (including phenoxy) is 2. The molecule has 1 N–H and O–H groups in total. The number of rotatable bonds is 6. The molecule has 0 aliphatic heterocycles. The summed E-state index contributed by atoms with van der Waals surface area (Å²) in [6.45, 7) is 2.26. The molecule has 0 saturated heterocycles. The molecule has 0 unspecified atom stereocenters. The number of nitrogens with zero attached hydrogens (tertiary/aromatic N) is 1. The van der Waals surface area contributed by atoms with Crippen LogP contribution in [0, 0.1) is 6.92 Å². The lowest BCUT2D eigenvalue weighted by Gasteiger charge is -2.11. The minimum Gasteiger partial charge on any atom is -0.489 e. The molecule has 1 heterocycles. The normalized spacial score (nSPS) is 10.5. The van der Waals surface area contributed by atoms with Crippen LogP contribution in [0.25, 0.3) is 0 Å². The van der Waals surface area contributed by atoms with Gasteiger partial charge in [0.25, 0.3) is 5.56 Å². The zero-order chi connectivity index (χ0) is 18.5. The van der Waals surface area contributed by atoms with Crippen LogP contribution in [0.15, 0.2) is 65.5 Å². The summed E-state index contributed by atoms with van der Waals surface area (Å²) in [5, 5.41) is 10.5. The molecule has 0 amide bonds. The highest BCUT2D eigenvalue weighted by Crippen LogP contribution is 2.21. The standard InChI is InChI=1S/C20H18ClNO4/c1-14-9-17(22(24)20(23)10-14)13-26-19-4-2-3-18(11-19)25-12-15-5-7-16(21)8-6-15/h2-11,24H,12-13H2,1H3. The molecule has 3 rings (SSSR count). The van der Waals surface area contributed by atoms with Crippen molar-refractivity contribution in [3.05, 3.63) is 92.9 Å². The van der Waals surface area contributed by atoms with Gasteiger partial charge in [-0.3, -0.25) is 4.79 Å². The number of halogens is 1. The summed E-state index contributed by atoms with van der Waals surface area (Å²) < 4.78 is 12.0. The smallest absolute Gasteiger partial charge is 0.283 e. The first-order valence-electron chi connectivity index (χ1n) is 8.03. The van der Waals surface area contributed by atoms with Crippen LogP contribution in [0.3, 0.4) is 0 Å². The highest BCUT2D eigenvalue weighted by atomic mass is 35.5. The van der Waals surface area contributed by atoms with Crippen LogP contribution in [-0.4, -0.2) is 9.94 Å². The van der Waals surface area contributed by atoms with Gasteiger partial charge in [0.1, 0.15) is 24.7 Å². The number of aryl methyl sites for hydroxylation is 1. The van der Waals surface area contributed by atoms with E-state index in [1.807, 2.05) is 36.4 Å². The minimum absolute atomic E-state index is 0.0635. The third-order valence-electron chi connectivity index (χ3n) is 3.74. The Morgan fingerprint density at radius 3 is 2.31 bits per heavy atom.